The molecule has 0 spiro atoms. The number of fused-ring (bicyclic) bond motifs is 3. The maximum absolute atomic E-state index is 13.0. The first kappa shape index (κ1) is 21.0. The molecule has 1 aliphatic carbocycles. The van der Waals surface area contributed by atoms with Crippen molar-refractivity contribution >= 4 is 33.7 Å². The van der Waals surface area contributed by atoms with Crippen LogP contribution in [0.5, 0.6) is 0 Å². The summed E-state index contributed by atoms with van der Waals surface area (Å²) in [4.78, 5) is 13.9. The van der Waals surface area contributed by atoms with Gasteiger partial charge >= 0.3 is 5.97 Å². The Hall–Kier alpha value is -2.83. The van der Waals surface area contributed by atoms with E-state index in [0.717, 1.165) is 55.8 Å². The van der Waals surface area contributed by atoms with Crippen LogP contribution in [0.2, 0.25) is 0 Å². The first-order valence-electron chi connectivity index (χ1n) is 10.3. The number of rotatable bonds is 4. The zero-order valence-electron chi connectivity index (χ0n) is 17.8. The molecule has 4 aromatic rings. The maximum atomic E-state index is 13.0. The van der Waals surface area contributed by atoms with Crippen LogP contribution in [0.1, 0.15) is 21.6 Å². The lowest BCUT2D eigenvalue weighted by Gasteiger charge is -2.24. The van der Waals surface area contributed by atoms with Crippen LogP contribution in [0.15, 0.2) is 76.2 Å². The summed E-state index contributed by atoms with van der Waals surface area (Å²) in [6.07, 6.45) is 5.68. The summed E-state index contributed by atoms with van der Waals surface area (Å²) in [5, 5.41) is 4.87. The Morgan fingerprint density at radius 1 is 1.06 bits per heavy atom. The molecule has 0 aliphatic heterocycles. The molecule has 3 aromatic carbocycles. The average Bonchev–Trinajstić information content (AvgIpc) is 3.28. The van der Waals surface area contributed by atoms with Crippen molar-refractivity contribution in [2.75, 3.05) is 13.4 Å². The number of aryl methyl sites for hydroxylation is 1. The Kier molecular flexibility index (Phi) is 5.66. The first-order valence-corrected chi connectivity index (χ1v) is 12.3. The molecule has 32 heavy (non-hydrogen) atoms. The van der Waals surface area contributed by atoms with E-state index in [0.29, 0.717) is 5.56 Å². The third-order valence-corrected chi connectivity index (χ3v) is 7.15. The lowest BCUT2D eigenvalue weighted by molar-refractivity contribution is 0.0597. The van der Waals surface area contributed by atoms with E-state index in [2.05, 4.69) is 46.3 Å². The fourth-order valence-corrected chi connectivity index (χ4v) is 5.26. The number of carbonyl (C=O) groups excluding carboxylic acids is 1. The molecule has 6 heteroatoms. The van der Waals surface area contributed by atoms with Crippen LogP contribution in [0.25, 0.3) is 27.9 Å². The van der Waals surface area contributed by atoms with E-state index in [1.807, 2.05) is 47.5 Å². The number of ether oxygens (including phenoxy) is 1. The largest absolute Gasteiger partial charge is 0.465 e. The molecule has 1 heterocycles. The van der Waals surface area contributed by atoms with Crippen molar-refractivity contribution in [1.29, 1.82) is 0 Å². The summed E-state index contributed by atoms with van der Waals surface area (Å²) in [6, 6.07) is 20.5. The number of esters is 1. The lowest BCUT2D eigenvalue weighted by Crippen LogP contribution is -2.13. The Labute approximate surface area is 199 Å². The van der Waals surface area contributed by atoms with E-state index in [-0.39, 0.29) is 5.97 Å². The molecule has 0 fully saturated rings. The summed E-state index contributed by atoms with van der Waals surface area (Å²) < 4.78 is 8.18. The van der Waals surface area contributed by atoms with Gasteiger partial charge in [-0.2, -0.15) is 5.10 Å². The number of thioether (sulfide) groups is 1. The number of nitrogens with zero attached hydrogens (tertiary/aromatic N) is 2. The van der Waals surface area contributed by atoms with Crippen molar-refractivity contribution in [1.82, 2.24) is 9.78 Å². The van der Waals surface area contributed by atoms with Crippen LogP contribution in [0.3, 0.4) is 0 Å². The van der Waals surface area contributed by atoms with E-state index >= 15 is 0 Å². The van der Waals surface area contributed by atoms with Gasteiger partial charge in [-0.15, -0.1) is 11.8 Å². The molecule has 1 aromatic heterocycles. The fourth-order valence-electron chi connectivity index (χ4n) is 4.37. The quantitative estimate of drug-likeness (QED) is 0.232. The molecule has 4 nitrogen and oxygen atoms in total. The molecule has 0 bridgehead atoms. The van der Waals surface area contributed by atoms with Crippen molar-refractivity contribution in [2.24, 2.45) is 0 Å². The highest BCUT2D eigenvalue weighted by Crippen LogP contribution is 2.45. The van der Waals surface area contributed by atoms with Crippen LogP contribution < -0.4 is 0 Å². The van der Waals surface area contributed by atoms with Gasteiger partial charge in [0.1, 0.15) is 0 Å². The fraction of sp³-hybridized carbons (Fsp3) is 0.154. The molecule has 0 atom stereocenters. The summed E-state index contributed by atoms with van der Waals surface area (Å²) in [5.74, 6) is -0.312. The highest BCUT2D eigenvalue weighted by molar-refractivity contribution is 9.10. The lowest BCUT2D eigenvalue weighted by atomic mass is 9.82. The number of aromatic nitrogens is 2. The van der Waals surface area contributed by atoms with E-state index in [4.69, 9.17) is 9.84 Å². The van der Waals surface area contributed by atoms with Crippen molar-refractivity contribution in [3.05, 3.63) is 88.2 Å². The van der Waals surface area contributed by atoms with Gasteiger partial charge in [0.05, 0.1) is 24.1 Å². The molecular formula is C26H21BrN2O2S. The van der Waals surface area contributed by atoms with Gasteiger partial charge in [0.25, 0.3) is 0 Å². The number of hydrogen-bond acceptors (Lipinski definition) is 4. The molecule has 160 valence electrons. The minimum Gasteiger partial charge on any atom is -0.465 e. The van der Waals surface area contributed by atoms with Gasteiger partial charge in [0.15, 0.2) is 0 Å². The van der Waals surface area contributed by atoms with E-state index in [9.17, 15) is 4.79 Å². The van der Waals surface area contributed by atoms with E-state index < -0.39 is 0 Å². The molecule has 0 saturated heterocycles. The zero-order chi connectivity index (χ0) is 22.2. The smallest absolute Gasteiger partial charge is 0.339 e. The molecule has 0 amide bonds. The van der Waals surface area contributed by atoms with Crippen molar-refractivity contribution in [2.45, 2.75) is 17.7 Å². The molecule has 0 N–H and O–H groups in total. The maximum Gasteiger partial charge on any atom is 0.339 e. The van der Waals surface area contributed by atoms with Crippen LogP contribution in [-0.2, 0) is 17.6 Å². The van der Waals surface area contributed by atoms with Crippen LogP contribution in [0.4, 0.5) is 0 Å². The summed E-state index contributed by atoms with van der Waals surface area (Å²) in [7, 11) is 1.44. The van der Waals surface area contributed by atoms with Gasteiger partial charge < -0.3 is 4.74 Å². The van der Waals surface area contributed by atoms with Gasteiger partial charge in [-0.05, 0) is 66.1 Å². The van der Waals surface area contributed by atoms with Crippen LogP contribution in [0, 0.1) is 0 Å². The third kappa shape index (κ3) is 3.57. The molecule has 1 aliphatic rings. The standard InChI is InChI=1S/C26H21BrN2O2S/c1-31-26(30)25-23(32-2)14-20(16-8-10-17(27)11-9-16)19-12-13-22-21(24(19)25)15-29(28-22)18-6-4-3-5-7-18/h3-11,14-15H,12-13H2,1-2H3. The van der Waals surface area contributed by atoms with Crippen molar-refractivity contribution in [3.63, 3.8) is 0 Å². The van der Waals surface area contributed by atoms with Gasteiger partial charge in [0.2, 0.25) is 0 Å². The zero-order valence-corrected chi connectivity index (χ0v) is 20.2. The van der Waals surface area contributed by atoms with E-state index in [1.165, 1.54) is 12.7 Å². The predicted octanol–water partition coefficient (Wildman–Crippen LogP) is 6.58. The van der Waals surface area contributed by atoms with Gasteiger partial charge in [0, 0.05) is 26.7 Å². The average molecular weight is 505 g/mol. The number of halogens is 1. The van der Waals surface area contributed by atoms with E-state index in [1.54, 1.807) is 11.8 Å². The Bertz CT molecular complexity index is 1310. The molecule has 5 rings (SSSR count). The first-order chi connectivity index (χ1) is 15.6. The topological polar surface area (TPSA) is 44.1 Å². The number of para-hydroxylation sites is 1. The molecule has 0 unspecified atom stereocenters. The number of hydrogen-bond donors (Lipinski definition) is 0. The Morgan fingerprint density at radius 3 is 2.50 bits per heavy atom. The van der Waals surface area contributed by atoms with Gasteiger partial charge in [-0.3, -0.25) is 0 Å². The Morgan fingerprint density at radius 2 is 1.81 bits per heavy atom. The third-order valence-electron chi connectivity index (χ3n) is 5.86. The van der Waals surface area contributed by atoms with Crippen molar-refractivity contribution < 1.29 is 9.53 Å². The molecule has 0 saturated carbocycles. The number of benzene rings is 3. The highest BCUT2D eigenvalue weighted by atomic mass is 79.9. The second kappa shape index (κ2) is 8.60. The van der Waals surface area contributed by atoms with Crippen molar-refractivity contribution in [3.8, 4) is 27.9 Å². The SMILES string of the molecule is COC(=O)c1c(SC)cc(-c2ccc(Br)cc2)c2c1-c1cn(-c3ccccc3)nc1CC2. The minimum absolute atomic E-state index is 0.312. The number of methoxy groups -OCH3 is 1. The normalized spacial score (nSPS) is 12.2. The summed E-state index contributed by atoms with van der Waals surface area (Å²) in [5.41, 5.74) is 8.05. The van der Waals surface area contributed by atoms with Gasteiger partial charge in [-0.1, -0.05) is 46.3 Å². The predicted molar refractivity (Wildman–Crippen MR) is 133 cm³/mol. The van der Waals surface area contributed by atoms with Crippen LogP contribution in [-0.4, -0.2) is 29.1 Å². The summed E-state index contributed by atoms with van der Waals surface area (Å²) in [6.45, 7) is 0. The summed E-state index contributed by atoms with van der Waals surface area (Å²) >= 11 is 5.10. The highest BCUT2D eigenvalue weighted by Gasteiger charge is 2.30. The molecular weight excluding hydrogens is 484 g/mol. The molecule has 0 radical (unpaired) electrons. The second-order valence-corrected chi connectivity index (χ2v) is 9.39. The van der Waals surface area contributed by atoms with Crippen LogP contribution >= 0.6 is 27.7 Å². The van der Waals surface area contributed by atoms with Gasteiger partial charge in [-0.25, -0.2) is 9.48 Å². The second-order valence-electron chi connectivity index (χ2n) is 7.62. The Balaban J connectivity index is 1.80. The monoisotopic (exact) mass is 504 g/mol. The number of carbonyl (C=O) groups is 1. The minimum atomic E-state index is -0.312.